The van der Waals surface area contributed by atoms with Crippen LogP contribution < -0.4 is 16.4 Å². The van der Waals surface area contributed by atoms with Crippen LogP contribution in [0.4, 0.5) is 13.2 Å². The van der Waals surface area contributed by atoms with Gasteiger partial charge in [-0.2, -0.15) is 13.2 Å². The van der Waals surface area contributed by atoms with Gasteiger partial charge in [-0.05, 0) is 13.0 Å². The monoisotopic (exact) mass is 239 g/mol. The molecule has 5 nitrogen and oxygen atoms in total. The van der Waals surface area contributed by atoms with Crippen LogP contribution in [0.3, 0.4) is 0 Å². The SMILES string of the molecule is NC(=O)CNC(=O)C1(C(F)(F)F)CCNC1. The number of amides is 2. The third kappa shape index (κ3) is 2.26. The van der Waals surface area contributed by atoms with Crippen molar-refractivity contribution >= 4 is 11.8 Å². The third-order valence-corrected chi connectivity index (χ3v) is 2.56. The summed E-state index contributed by atoms with van der Waals surface area (Å²) in [4.78, 5) is 21.8. The van der Waals surface area contributed by atoms with E-state index < -0.39 is 36.5 Å². The van der Waals surface area contributed by atoms with E-state index in [1.807, 2.05) is 5.32 Å². The van der Waals surface area contributed by atoms with Crippen molar-refractivity contribution in [3.05, 3.63) is 0 Å². The van der Waals surface area contributed by atoms with Crippen LogP contribution in [-0.4, -0.2) is 37.6 Å². The zero-order valence-electron chi connectivity index (χ0n) is 8.36. The highest BCUT2D eigenvalue weighted by molar-refractivity contribution is 5.88. The molecule has 1 heterocycles. The first-order valence-corrected chi connectivity index (χ1v) is 4.64. The molecule has 0 spiro atoms. The van der Waals surface area contributed by atoms with Gasteiger partial charge in [-0.25, -0.2) is 0 Å². The van der Waals surface area contributed by atoms with Crippen molar-refractivity contribution in [2.45, 2.75) is 12.6 Å². The first kappa shape index (κ1) is 12.8. The summed E-state index contributed by atoms with van der Waals surface area (Å²) in [6.07, 6.45) is -4.97. The molecule has 0 saturated carbocycles. The summed E-state index contributed by atoms with van der Waals surface area (Å²) in [7, 11) is 0. The van der Waals surface area contributed by atoms with Crippen LogP contribution in [0.15, 0.2) is 0 Å². The van der Waals surface area contributed by atoms with E-state index in [0.29, 0.717) is 0 Å². The maximum absolute atomic E-state index is 12.8. The summed E-state index contributed by atoms with van der Waals surface area (Å²) in [5, 5.41) is 4.39. The molecule has 2 amide bonds. The Balaban J connectivity index is 2.78. The Hall–Kier alpha value is -1.31. The van der Waals surface area contributed by atoms with Crippen LogP contribution in [0.25, 0.3) is 0 Å². The minimum absolute atomic E-state index is 0.115. The molecular formula is C8H12F3N3O2. The fourth-order valence-corrected chi connectivity index (χ4v) is 1.59. The van der Waals surface area contributed by atoms with Crippen LogP contribution in [-0.2, 0) is 9.59 Å². The van der Waals surface area contributed by atoms with Gasteiger partial charge in [-0.1, -0.05) is 0 Å². The second-order valence-corrected chi connectivity index (χ2v) is 3.66. The molecule has 16 heavy (non-hydrogen) atoms. The molecule has 1 atom stereocenters. The average Bonchev–Trinajstić information content (AvgIpc) is 2.62. The van der Waals surface area contributed by atoms with Gasteiger partial charge in [-0.3, -0.25) is 9.59 Å². The lowest BCUT2D eigenvalue weighted by molar-refractivity contribution is -0.216. The van der Waals surface area contributed by atoms with Crippen LogP contribution in [0, 0.1) is 5.41 Å². The van der Waals surface area contributed by atoms with Crippen LogP contribution in [0.1, 0.15) is 6.42 Å². The Morgan fingerprint density at radius 3 is 2.44 bits per heavy atom. The van der Waals surface area contributed by atoms with Crippen molar-refractivity contribution in [1.82, 2.24) is 10.6 Å². The molecule has 1 saturated heterocycles. The normalized spacial score (nSPS) is 25.4. The summed E-state index contributed by atoms with van der Waals surface area (Å²) < 4.78 is 38.3. The van der Waals surface area contributed by atoms with Crippen LogP contribution in [0.2, 0.25) is 0 Å². The highest BCUT2D eigenvalue weighted by atomic mass is 19.4. The van der Waals surface area contributed by atoms with Gasteiger partial charge in [0.1, 0.15) is 0 Å². The number of alkyl halides is 3. The molecule has 1 fully saturated rings. The minimum Gasteiger partial charge on any atom is -0.368 e. The van der Waals surface area contributed by atoms with Gasteiger partial charge in [0.15, 0.2) is 5.41 Å². The summed E-state index contributed by atoms with van der Waals surface area (Å²) in [5.74, 6) is -2.08. The lowest BCUT2D eigenvalue weighted by Gasteiger charge is -2.29. The van der Waals surface area contributed by atoms with Crippen LogP contribution in [0.5, 0.6) is 0 Å². The molecule has 8 heteroatoms. The summed E-state index contributed by atoms with van der Waals surface area (Å²) in [5.41, 5.74) is 2.30. The first-order valence-electron chi connectivity index (χ1n) is 4.64. The number of hydrogen-bond acceptors (Lipinski definition) is 3. The van der Waals surface area contributed by atoms with Crippen molar-refractivity contribution in [2.24, 2.45) is 11.1 Å². The molecule has 4 N–H and O–H groups in total. The third-order valence-electron chi connectivity index (χ3n) is 2.56. The molecule has 0 aromatic carbocycles. The highest BCUT2D eigenvalue weighted by Crippen LogP contribution is 2.43. The van der Waals surface area contributed by atoms with E-state index in [2.05, 4.69) is 5.32 Å². The van der Waals surface area contributed by atoms with Gasteiger partial charge in [0.2, 0.25) is 11.8 Å². The lowest BCUT2D eigenvalue weighted by atomic mass is 9.85. The smallest absolute Gasteiger partial charge is 0.368 e. The second kappa shape index (κ2) is 4.28. The Kier molecular flexibility index (Phi) is 3.41. The van der Waals surface area contributed by atoms with E-state index in [1.54, 1.807) is 0 Å². The number of halogens is 3. The van der Waals surface area contributed by atoms with E-state index in [1.165, 1.54) is 0 Å². The first-order chi connectivity index (χ1) is 7.29. The maximum Gasteiger partial charge on any atom is 0.404 e. The largest absolute Gasteiger partial charge is 0.404 e. The van der Waals surface area contributed by atoms with Crippen molar-refractivity contribution in [2.75, 3.05) is 19.6 Å². The molecule has 1 rings (SSSR count). The van der Waals surface area contributed by atoms with Crippen molar-refractivity contribution in [1.29, 1.82) is 0 Å². The molecule has 92 valence electrons. The van der Waals surface area contributed by atoms with E-state index in [9.17, 15) is 22.8 Å². The zero-order chi connectivity index (χ0) is 12.4. The predicted molar refractivity (Wildman–Crippen MR) is 48.2 cm³/mol. The number of hydrogen-bond donors (Lipinski definition) is 3. The molecule has 0 aliphatic carbocycles. The molecule has 0 radical (unpaired) electrons. The van der Waals surface area contributed by atoms with E-state index in [0.717, 1.165) is 0 Å². The lowest BCUT2D eigenvalue weighted by Crippen LogP contribution is -2.53. The summed E-state index contributed by atoms with van der Waals surface area (Å²) >= 11 is 0. The van der Waals surface area contributed by atoms with Gasteiger partial charge in [0.25, 0.3) is 0 Å². The van der Waals surface area contributed by atoms with Crippen molar-refractivity contribution in [3.63, 3.8) is 0 Å². The molecule has 0 aromatic heterocycles. The Labute approximate surface area is 89.5 Å². The Morgan fingerprint density at radius 1 is 1.44 bits per heavy atom. The van der Waals surface area contributed by atoms with Gasteiger partial charge in [0.05, 0.1) is 6.54 Å². The molecule has 1 unspecified atom stereocenters. The van der Waals surface area contributed by atoms with Crippen LogP contribution >= 0.6 is 0 Å². The molecule has 0 bridgehead atoms. The predicted octanol–water partition coefficient (Wildman–Crippen LogP) is -0.870. The number of carbonyl (C=O) groups excluding carboxylic acids is 2. The van der Waals surface area contributed by atoms with Gasteiger partial charge >= 0.3 is 6.18 Å². The maximum atomic E-state index is 12.8. The number of primary amides is 1. The van der Waals surface area contributed by atoms with Gasteiger partial charge in [0, 0.05) is 6.54 Å². The highest BCUT2D eigenvalue weighted by Gasteiger charge is 2.61. The summed E-state index contributed by atoms with van der Waals surface area (Å²) in [6.45, 7) is -0.943. The minimum atomic E-state index is -4.64. The fraction of sp³-hybridized carbons (Fsp3) is 0.750. The van der Waals surface area contributed by atoms with Gasteiger partial charge < -0.3 is 16.4 Å². The van der Waals surface area contributed by atoms with E-state index in [4.69, 9.17) is 5.73 Å². The molecule has 1 aliphatic heterocycles. The number of nitrogens with one attached hydrogen (secondary N) is 2. The summed E-state index contributed by atoms with van der Waals surface area (Å²) in [6, 6.07) is 0. The number of rotatable bonds is 3. The van der Waals surface area contributed by atoms with E-state index >= 15 is 0 Å². The van der Waals surface area contributed by atoms with Crippen molar-refractivity contribution in [3.8, 4) is 0 Å². The van der Waals surface area contributed by atoms with Gasteiger partial charge in [-0.15, -0.1) is 0 Å². The second-order valence-electron chi connectivity index (χ2n) is 3.66. The fourth-order valence-electron chi connectivity index (χ4n) is 1.59. The molecule has 1 aliphatic rings. The number of carbonyl (C=O) groups is 2. The van der Waals surface area contributed by atoms with Crippen molar-refractivity contribution < 1.29 is 22.8 Å². The van der Waals surface area contributed by atoms with E-state index in [-0.39, 0.29) is 13.0 Å². The topological polar surface area (TPSA) is 84.2 Å². The molecular weight excluding hydrogens is 227 g/mol. The quantitative estimate of drug-likeness (QED) is 0.598. The average molecular weight is 239 g/mol. The standard InChI is InChI=1S/C8H12F3N3O2/c9-8(10,11)7(1-2-13-4-7)6(16)14-3-5(12)15/h13H,1-4H2,(H2,12,15)(H,14,16). The zero-order valence-corrected chi connectivity index (χ0v) is 8.36. The molecule has 0 aromatic rings. The Bertz CT molecular complexity index is 297. The number of nitrogens with two attached hydrogens (primary N) is 1. The Morgan fingerprint density at radius 2 is 2.06 bits per heavy atom.